The summed E-state index contributed by atoms with van der Waals surface area (Å²) in [7, 11) is 0. The van der Waals surface area contributed by atoms with Gasteiger partial charge in [-0.3, -0.25) is 19.3 Å². The monoisotopic (exact) mass is 381 g/mol. The molecule has 6 nitrogen and oxygen atoms in total. The summed E-state index contributed by atoms with van der Waals surface area (Å²) in [6, 6.07) is 9.72. The van der Waals surface area contributed by atoms with Crippen LogP contribution in [0.1, 0.15) is 19.3 Å². The van der Waals surface area contributed by atoms with Crippen molar-refractivity contribution in [1.29, 1.82) is 0 Å². The molecule has 0 radical (unpaired) electrons. The number of hydrogen-bond donors (Lipinski definition) is 1. The van der Waals surface area contributed by atoms with Crippen LogP contribution in [0, 0.1) is 11.8 Å². The van der Waals surface area contributed by atoms with Crippen LogP contribution in [0.2, 0.25) is 0 Å². The lowest BCUT2D eigenvalue weighted by Crippen LogP contribution is -2.34. The second-order valence-corrected chi connectivity index (χ2v) is 7.54. The largest absolute Gasteiger partial charge is 0.302 e. The molecule has 2 aliphatic rings. The van der Waals surface area contributed by atoms with Crippen molar-refractivity contribution in [2.75, 3.05) is 11.9 Å². The number of rotatable bonds is 5. The number of carbonyl (C=O) groups is 3. The normalized spacial score (nSPS) is 21.4. The highest BCUT2D eigenvalue weighted by atomic mass is 32.1. The number of benzene rings is 1. The molecular formula is C20H19N3O3S. The van der Waals surface area contributed by atoms with E-state index in [0.717, 1.165) is 11.3 Å². The van der Waals surface area contributed by atoms with Gasteiger partial charge < -0.3 is 5.32 Å². The van der Waals surface area contributed by atoms with Crippen molar-refractivity contribution in [3.8, 4) is 11.3 Å². The molecule has 0 bridgehead atoms. The molecule has 1 N–H and O–H groups in total. The Hall–Kier alpha value is -2.80. The zero-order valence-corrected chi connectivity index (χ0v) is 15.4. The number of nitrogens with zero attached hydrogens (tertiary/aromatic N) is 2. The molecule has 2 atom stereocenters. The van der Waals surface area contributed by atoms with Gasteiger partial charge in [0.15, 0.2) is 5.13 Å². The number of imide groups is 1. The second-order valence-electron chi connectivity index (χ2n) is 6.69. The van der Waals surface area contributed by atoms with E-state index < -0.39 is 0 Å². The summed E-state index contributed by atoms with van der Waals surface area (Å²) in [6.07, 6.45) is 5.20. The van der Waals surface area contributed by atoms with Crippen LogP contribution in [0.3, 0.4) is 0 Å². The fourth-order valence-electron chi connectivity index (χ4n) is 3.56. The molecule has 1 aromatic heterocycles. The molecule has 3 amide bonds. The molecular weight excluding hydrogens is 362 g/mol. The van der Waals surface area contributed by atoms with Crippen LogP contribution in [-0.4, -0.2) is 34.2 Å². The Labute approximate surface area is 160 Å². The van der Waals surface area contributed by atoms with Crippen molar-refractivity contribution < 1.29 is 14.4 Å². The summed E-state index contributed by atoms with van der Waals surface area (Å²) < 4.78 is 0. The minimum atomic E-state index is -0.252. The van der Waals surface area contributed by atoms with Crippen molar-refractivity contribution in [2.45, 2.75) is 19.3 Å². The van der Waals surface area contributed by atoms with E-state index in [0.29, 0.717) is 18.0 Å². The predicted molar refractivity (Wildman–Crippen MR) is 103 cm³/mol. The number of anilines is 1. The smallest absolute Gasteiger partial charge is 0.233 e. The third-order valence-electron chi connectivity index (χ3n) is 4.98. The van der Waals surface area contributed by atoms with E-state index in [1.807, 2.05) is 47.9 Å². The Morgan fingerprint density at radius 2 is 1.78 bits per heavy atom. The molecule has 2 heterocycles. The quantitative estimate of drug-likeness (QED) is 0.638. The van der Waals surface area contributed by atoms with Gasteiger partial charge in [0.25, 0.3) is 0 Å². The second kappa shape index (κ2) is 7.44. The highest BCUT2D eigenvalue weighted by molar-refractivity contribution is 7.14. The van der Waals surface area contributed by atoms with Gasteiger partial charge in [-0.05, 0) is 12.8 Å². The van der Waals surface area contributed by atoms with Crippen LogP contribution in [0.15, 0.2) is 47.9 Å². The first-order valence-corrected chi connectivity index (χ1v) is 9.82. The fourth-order valence-corrected chi connectivity index (χ4v) is 4.29. The van der Waals surface area contributed by atoms with Gasteiger partial charge in [-0.2, -0.15) is 0 Å². The zero-order chi connectivity index (χ0) is 18.8. The number of hydrogen-bond acceptors (Lipinski definition) is 5. The summed E-state index contributed by atoms with van der Waals surface area (Å²) in [6.45, 7) is 0.118. The maximum atomic E-state index is 12.4. The van der Waals surface area contributed by atoms with E-state index in [1.54, 1.807) is 0 Å². The Morgan fingerprint density at radius 3 is 2.44 bits per heavy atom. The van der Waals surface area contributed by atoms with Crippen molar-refractivity contribution in [1.82, 2.24) is 9.88 Å². The minimum absolute atomic E-state index is 0.0740. The average Bonchev–Trinajstić information content (AvgIpc) is 3.25. The molecule has 1 fully saturated rings. The van der Waals surface area contributed by atoms with Crippen molar-refractivity contribution >= 4 is 34.2 Å². The molecule has 4 rings (SSSR count). The first-order chi connectivity index (χ1) is 13.1. The van der Waals surface area contributed by atoms with Crippen LogP contribution in [0.25, 0.3) is 11.3 Å². The highest BCUT2D eigenvalue weighted by Gasteiger charge is 2.46. The molecule has 1 saturated heterocycles. The lowest BCUT2D eigenvalue weighted by Gasteiger charge is -2.14. The lowest BCUT2D eigenvalue weighted by molar-refractivity contribution is -0.140. The van der Waals surface area contributed by atoms with E-state index in [-0.39, 0.29) is 42.5 Å². The Morgan fingerprint density at radius 1 is 1.11 bits per heavy atom. The standard InChI is InChI=1S/C20H19N3O3S/c24-17(22-20-21-16(12-27-20)13-6-2-1-3-7-13)10-11-23-18(25)14-8-4-5-9-15(14)19(23)26/h1-7,12,14-15H,8-11H2,(H,21,22,24)/t14-,15+. The van der Waals surface area contributed by atoms with E-state index >= 15 is 0 Å². The van der Waals surface area contributed by atoms with Crippen molar-refractivity contribution in [3.63, 3.8) is 0 Å². The van der Waals surface area contributed by atoms with Gasteiger partial charge in [-0.1, -0.05) is 42.5 Å². The number of thiazole rings is 1. The summed E-state index contributed by atoms with van der Waals surface area (Å²) >= 11 is 1.35. The number of allylic oxidation sites excluding steroid dienone is 2. The molecule has 1 aliphatic carbocycles. The molecule has 27 heavy (non-hydrogen) atoms. The van der Waals surface area contributed by atoms with Gasteiger partial charge in [-0.15, -0.1) is 11.3 Å². The van der Waals surface area contributed by atoms with Gasteiger partial charge in [0.2, 0.25) is 17.7 Å². The summed E-state index contributed by atoms with van der Waals surface area (Å²) in [5.41, 5.74) is 1.79. The number of nitrogens with one attached hydrogen (secondary N) is 1. The Kier molecular flexibility index (Phi) is 4.85. The highest BCUT2D eigenvalue weighted by Crippen LogP contribution is 2.35. The van der Waals surface area contributed by atoms with Gasteiger partial charge in [0.05, 0.1) is 17.5 Å². The van der Waals surface area contributed by atoms with E-state index in [9.17, 15) is 14.4 Å². The third-order valence-corrected chi connectivity index (χ3v) is 5.74. The zero-order valence-electron chi connectivity index (χ0n) is 14.6. The number of likely N-dealkylation sites (tertiary alicyclic amines) is 1. The van der Waals surface area contributed by atoms with E-state index in [4.69, 9.17) is 0 Å². The van der Waals surface area contributed by atoms with E-state index in [2.05, 4.69) is 10.3 Å². The van der Waals surface area contributed by atoms with Crippen molar-refractivity contribution in [3.05, 3.63) is 47.9 Å². The van der Waals surface area contributed by atoms with Crippen LogP contribution in [-0.2, 0) is 14.4 Å². The van der Waals surface area contributed by atoms with E-state index in [1.165, 1.54) is 16.2 Å². The summed E-state index contributed by atoms with van der Waals surface area (Å²) in [5.74, 6) is -1.06. The molecule has 7 heteroatoms. The molecule has 0 spiro atoms. The van der Waals surface area contributed by atoms with Gasteiger partial charge >= 0.3 is 0 Å². The number of carbonyl (C=O) groups excluding carboxylic acids is 3. The summed E-state index contributed by atoms with van der Waals surface area (Å²) in [4.78, 5) is 42.7. The average molecular weight is 381 g/mol. The van der Waals surface area contributed by atoms with Gasteiger partial charge in [0, 0.05) is 23.9 Å². The number of aromatic nitrogens is 1. The number of fused-ring (bicyclic) bond motifs is 1. The van der Waals surface area contributed by atoms with Crippen LogP contribution in [0.5, 0.6) is 0 Å². The van der Waals surface area contributed by atoms with Crippen LogP contribution >= 0.6 is 11.3 Å². The topological polar surface area (TPSA) is 79.4 Å². The Bertz CT molecular complexity index is 880. The number of amides is 3. The fraction of sp³-hybridized carbons (Fsp3) is 0.300. The minimum Gasteiger partial charge on any atom is -0.302 e. The SMILES string of the molecule is O=C(CCN1C(=O)[C@H]2CC=CC[C@H]2C1=O)Nc1nc(-c2ccccc2)cs1. The Balaban J connectivity index is 1.33. The van der Waals surface area contributed by atoms with Crippen LogP contribution in [0.4, 0.5) is 5.13 Å². The molecule has 1 aromatic carbocycles. The molecule has 0 saturated carbocycles. The predicted octanol–water partition coefficient (Wildman–Crippen LogP) is 3.09. The molecule has 0 unspecified atom stereocenters. The first kappa shape index (κ1) is 17.6. The van der Waals surface area contributed by atoms with Crippen molar-refractivity contribution in [2.24, 2.45) is 11.8 Å². The van der Waals surface area contributed by atoms with Gasteiger partial charge in [-0.25, -0.2) is 4.98 Å². The van der Waals surface area contributed by atoms with Crippen LogP contribution < -0.4 is 5.32 Å². The molecule has 2 aromatic rings. The summed E-state index contributed by atoms with van der Waals surface area (Å²) in [5, 5.41) is 5.15. The maximum absolute atomic E-state index is 12.4. The molecule has 138 valence electrons. The first-order valence-electron chi connectivity index (χ1n) is 8.94. The maximum Gasteiger partial charge on any atom is 0.233 e. The lowest BCUT2D eigenvalue weighted by atomic mass is 9.85. The third kappa shape index (κ3) is 3.55. The molecule has 1 aliphatic heterocycles. The van der Waals surface area contributed by atoms with Gasteiger partial charge in [0.1, 0.15) is 0 Å².